The molecule has 4 rings (SSSR count). The second-order valence-corrected chi connectivity index (χ2v) is 7.65. The first-order chi connectivity index (χ1) is 12.6. The number of aromatic nitrogens is 4. The molecule has 2 aromatic heterocycles. The lowest BCUT2D eigenvalue weighted by molar-refractivity contribution is -0.115. The number of aryl methyl sites for hydroxylation is 1. The molecule has 0 radical (unpaired) electrons. The summed E-state index contributed by atoms with van der Waals surface area (Å²) >= 11 is 1.34. The van der Waals surface area contributed by atoms with Gasteiger partial charge in [-0.25, -0.2) is 9.67 Å². The molecule has 3 aromatic rings. The standard InChI is InChI=1S/C18H19N5O2S/c1-11-10-15(22-25-11)19-17(24)12(2)26-18-20-16(13-8-9-13)23(21-18)14-6-4-3-5-7-14/h3-7,10,12-13H,8-9H2,1-2H3,(H,19,22,24)/t12-/m1/s1. The van der Waals surface area contributed by atoms with Crippen molar-refractivity contribution in [2.45, 2.75) is 43.0 Å². The number of hydrogen-bond donors (Lipinski definition) is 1. The van der Waals surface area contributed by atoms with Crippen molar-refractivity contribution >= 4 is 23.5 Å². The molecule has 0 aliphatic heterocycles. The van der Waals surface area contributed by atoms with Crippen LogP contribution in [-0.4, -0.2) is 31.1 Å². The molecule has 1 N–H and O–H groups in total. The van der Waals surface area contributed by atoms with Crippen molar-refractivity contribution in [3.63, 3.8) is 0 Å². The van der Waals surface area contributed by atoms with Gasteiger partial charge in [-0.2, -0.15) is 0 Å². The molecule has 1 aliphatic carbocycles. The Labute approximate surface area is 155 Å². The summed E-state index contributed by atoms with van der Waals surface area (Å²) in [5.41, 5.74) is 0.990. The molecule has 2 heterocycles. The summed E-state index contributed by atoms with van der Waals surface area (Å²) in [7, 11) is 0. The van der Waals surface area contributed by atoms with Gasteiger partial charge in [0.1, 0.15) is 11.6 Å². The van der Waals surface area contributed by atoms with E-state index < -0.39 is 0 Å². The van der Waals surface area contributed by atoms with Crippen LogP contribution in [0, 0.1) is 6.92 Å². The zero-order valence-corrected chi connectivity index (χ0v) is 15.4. The molecule has 0 unspecified atom stereocenters. The predicted octanol–water partition coefficient (Wildman–Crippen LogP) is 3.56. The van der Waals surface area contributed by atoms with E-state index in [2.05, 4.69) is 20.6 Å². The zero-order chi connectivity index (χ0) is 18.1. The minimum Gasteiger partial charge on any atom is -0.360 e. The van der Waals surface area contributed by atoms with Gasteiger partial charge >= 0.3 is 0 Å². The van der Waals surface area contributed by atoms with Crippen LogP contribution in [0.4, 0.5) is 5.82 Å². The minimum atomic E-state index is -0.356. The Morgan fingerprint density at radius 1 is 1.35 bits per heavy atom. The van der Waals surface area contributed by atoms with Crippen LogP contribution in [-0.2, 0) is 4.79 Å². The number of carbonyl (C=O) groups excluding carboxylic acids is 1. The SMILES string of the molecule is Cc1cc(NC(=O)[C@@H](C)Sc2nc(C3CC3)n(-c3ccccc3)n2)no1. The molecule has 1 amide bonds. The van der Waals surface area contributed by atoms with Crippen molar-refractivity contribution < 1.29 is 9.32 Å². The molecule has 8 heteroatoms. The smallest absolute Gasteiger partial charge is 0.238 e. The second-order valence-electron chi connectivity index (χ2n) is 6.35. The van der Waals surface area contributed by atoms with Gasteiger partial charge in [-0.3, -0.25) is 4.79 Å². The van der Waals surface area contributed by atoms with E-state index in [0.717, 1.165) is 24.4 Å². The first-order valence-electron chi connectivity index (χ1n) is 8.53. The lowest BCUT2D eigenvalue weighted by atomic mass is 10.3. The number of rotatable bonds is 6. The van der Waals surface area contributed by atoms with Crippen molar-refractivity contribution in [3.05, 3.63) is 48.0 Å². The summed E-state index contributed by atoms with van der Waals surface area (Å²) in [6.07, 6.45) is 2.27. The van der Waals surface area contributed by atoms with Gasteiger partial charge in [0, 0.05) is 12.0 Å². The minimum absolute atomic E-state index is 0.160. The van der Waals surface area contributed by atoms with Crippen LogP contribution in [0.15, 0.2) is 46.1 Å². The molecule has 7 nitrogen and oxygen atoms in total. The van der Waals surface area contributed by atoms with Crippen molar-refractivity contribution in [3.8, 4) is 5.69 Å². The average Bonchev–Trinajstić information content (AvgIpc) is 3.28. The van der Waals surface area contributed by atoms with Crippen molar-refractivity contribution in [2.75, 3.05) is 5.32 Å². The molecule has 26 heavy (non-hydrogen) atoms. The van der Waals surface area contributed by atoms with Crippen LogP contribution in [0.2, 0.25) is 0 Å². The Balaban J connectivity index is 1.50. The van der Waals surface area contributed by atoms with Gasteiger partial charge in [0.15, 0.2) is 5.82 Å². The second kappa shape index (κ2) is 6.95. The molecule has 0 saturated heterocycles. The summed E-state index contributed by atoms with van der Waals surface area (Å²) in [5.74, 6) is 2.34. The normalized spacial score (nSPS) is 15.0. The Morgan fingerprint density at radius 3 is 2.77 bits per heavy atom. The predicted molar refractivity (Wildman–Crippen MR) is 98.5 cm³/mol. The van der Waals surface area contributed by atoms with Crippen LogP contribution in [0.5, 0.6) is 0 Å². The summed E-state index contributed by atoms with van der Waals surface area (Å²) in [6.45, 7) is 3.60. The maximum absolute atomic E-state index is 12.4. The number of benzene rings is 1. The molecule has 1 aliphatic rings. The van der Waals surface area contributed by atoms with Gasteiger partial charge in [0.05, 0.1) is 10.9 Å². The zero-order valence-electron chi connectivity index (χ0n) is 14.5. The van der Waals surface area contributed by atoms with Gasteiger partial charge in [-0.05, 0) is 38.8 Å². The molecular weight excluding hydrogens is 350 g/mol. The fraction of sp³-hybridized carbons (Fsp3) is 0.333. The Kier molecular flexibility index (Phi) is 4.50. The fourth-order valence-corrected chi connectivity index (χ4v) is 3.34. The van der Waals surface area contributed by atoms with Crippen LogP contribution in [0.1, 0.15) is 37.3 Å². The maximum atomic E-state index is 12.4. The van der Waals surface area contributed by atoms with E-state index in [1.807, 2.05) is 41.9 Å². The van der Waals surface area contributed by atoms with Crippen LogP contribution in [0.3, 0.4) is 0 Å². The molecule has 0 spiro atoms. The van der Waals surface area contributed by atoms with E-state index in [1.165, 1.54) is 11.8 Å². The first kappa shape index (κ1) is 16.8. The third-order valence-corrected chi connectivity index (χ3v) is 5.04. The number of anilines is 1. The van der Waals surface area contributed by atoms with Crippen LogP contribution in [0.25, 0.3) is 5.69 Å². The highest BCUT2D eigenvalue weighted by Crippen LogP contribution is 2.40. The molecule has 1 atom stereocenters. The number of thioether (sulfide) groups is 1. The number of hydrogen-bond acceptors (Lipinski definition) is 6. The average molecular weight is 369 g/mol. The highest BCUT2D eigenvalue weighted by molar-refractivity contribution is 8.00. The summed E-state index contributed by atoms with van der Waals surface area (Å²) in [4.78, 5) is 17.0. The van der Waals surface area contributed by atoms with Gasteiger partial charge < -0.3 is 9.84 Å². The lowest BCUT2D eigenvalue weighted by Gasteiger charge is -2.07. The van der Waals surface area contributed by atoms with E-state index >= 15 is 0 Å². The number of nitrogens with one attached hydrogen (secondary N) is 1. The van der Waals surface area contributed by atoms with Crippen molar-refractivity contribution in [2.24, 2.45) is 0 Å². The first-order valence-corrected chi connectivity index (χ1v) is 9.41. The topological polar surface area (TPSA) is 85.8 Å². The Morgan fingerprint density at radius 2 is 2.12 bits per heavy atom. The molecular formula is C18H19N5O2S. The highest BCUT2D eigenvalue weighted by Gasteiger charge is 2.31. The van der Waals surface area contributed by atoms with Gasteiger partial charge in [0.2, 0.25) is 11.1 Å². The molecule has 1 fully saturated rings. The van der Waals surface area contributed by atoms with Gasteiger partial charge in [0.25, 0.3) is 0 Å². The van der Waals surface area contributed by atoms with Crippen molar-refractivity contribution in [1.82, 2.24) is 19.9 Å². The van der Waals surface area contributed by atoms with Crippen LogP contribution < -0.4 is 5.32 Å². The molecule has 134 valence electrons. The maximum Gasteiger partial charge on any atom is 0.238 e. The van der Waals surface area contributed by atoms with Crippen LogP contribution >= 0.6 is 11.8 Å². The van der Waals surface area contributed by atoms with E-state index in [1.54, 1.807) is 13.0 Å². The van der Waals surface area contributed by atoms with E-state index in [-0.39, 0.29) is 11.2 Å². The monoisotopic (exact) mass is 369 g/mol. The third-order valence-electron chi connectivity index (χ3n) is 4.09. The Bertz CT molecular complexity index is 917. The van der Waals surface area contributed by atoms with E-state index in [4.69, 9.17) is 4.52 Å². The Hall–Kier alpha value is -2.61. The van der Waals surface area contributed by atoms with Crippen molar-refractivity contribution in [1.29, 1.82) is 0 Å². The third kappa shape index (κ3) is 3.65. The summed E-state index contributed by atoms with van der Waals surface area (Å²) < 4.78 is 6.86. The van der Waals surface area contributed by atoms with Gasteiger partial charge in [-0.15, -0.1) is 5.10 Å². The van der Waals surface area contributed by atoms with E-state index in [9.17, 15) is 4.79 Å². The number of amides is 1. The molecule has 0 bridgehead atoms. The highest BCUT2D eigenvalue weighted by atomic mass is 32.2. The van der Waals surface area contributed by atoms with E-state index in [0.29, 0.717) is 22.7 Å². The number of carbonyl (C=O) groups is 1. The molecule has 1 saturated carbocycles. The van der Waals surface area contributed by atoms with Gasteiger partial charge in [-0.1, -0.05) is 35.1 Å². The largest absolute Gasteiger partial charge is 0.360 e. The quantitative estimate of drug-likeness (QED) is 0.669. The fourth-order valence-electron chi connectivity index (χ4n) is 2.58. The molecule has 1 aromatic carbocycles. The lowest BCUT2D eigenvalue weighted by Crippen LogP contribution is -2.22. The number of para-hydroxylation sites is 1. The number of nitrogens with zero attached hydrogens (tertiary/aromatic N) is 4. The summed E-state index contributed by atoms with van der Waals surface area (Å²) in [6, 6.07) is 11.6. The summed E-state index contributed by atoms with van der Waals surface area (Å²) in [5, 5.41) is 11.4.